The first-order chi connectivity index (χ1) is 18.9. The second-order valence-electron chi connectivity index (χ2n) is 7.50. The number of nitrogens with one attached hydrogen (secondary N) is 1. The Morgan fingerprint density at radius 1 is 1.10 bits per heavy atom. The first kappa shape index (κ1) is 40.2. The molecule has 9 nitrogen and oxygen atoms in total. The molecule has 0 saturated carbocycles. The van der Waals surface area contributed by atoms with Crippen LogP contribution in [0.5, 0.6) is 5.75 Å². The lowest BCUT2D eigenvalue weighted by Gasteiger charge is -2.09. The Bertz CT molecular complexity index is 860. The first-order valence-electron chi connectivity index (χ1n) is 13.8. The molecule has 0 atom stereocenters. The van der Waals surface area contributed by atoms with Gasteiger partial charge in [0.05, 0.1) is 25.5 Å². The fourth-order valence-corrected chi connectivity index (χ4v) is 2.46. The predicted molar refractivity (Wildman–Crippen MR) is 168 cm³/mol. The van der Waals surface area contributed by atoms with Gasteiger partial charge in [-0.15, -0.1) is 0 Å². The van der Waals surface area contributed by atoms with Crippen molar-refractivity contribution in [3.63, 3.8) is 0 Å². The van der Waals surface area contributed by atoms with Gasteiger partial charge in [-0.25, -0.2) is 9.97 Å². The Morgan fingerprint density at radius 3 is 2.15 bits per heavy atom. The molecule has 0 unspecified atom stereocenters. The Hall–Kier alpha value is -3.33. The van der Waals surface area contributed by atoms with Gasteiger partial charge in [0, 0.05) is 39.4 Å². The SMILES string of the molecule is C=CC(=O)/C(C/C(=C/C(=C\C)c1ncc(OCCOC)cn1)CC)=N\NC/C=N\N(C)C.CC.CC.CCC. The van der Waals surface area contributed by atoms with E-state index in [0.717, 1.165) is 17.6 Å². The third kappa shape index (κ3) is 21.3. The van der Waals surface area contributed by atoms with E-state index < -0.39 is 0 Å². The Kier molecular flexibility index (Phi) is 30.1. The highest BCUT2D eigenvalue weighted by molar-refractivity contribution is 6.44. The van der Waals surface area contributed by atoms with Gasteiger partial charge in [0.25, 0.3) is 0 Å². The molecule has 1 N–H and O–H groups in total. The van der Waals surface area contributed by atoms with E-state index in [1.54, 1.807) is 30.7 Å². The molecule has 0 aliphatic rings. The number of hydrazone groups is 2. The normalized spacial score (nSPS) is 11.2. The molecule has 39 heavy (non-hydrogen) atoms. The van der Waals surface area contributed by atoms with Crippen LogP contribution in [0.15, 0.2) is 53.0 Å². The molecule has 0 radical (unpaired) electrons. The zero-order chi connectivity index (χ0) is 30.5. The number of ether oxygens (including phenoxy) is 2. The summed E-state index contributed by atoms with van der Waals surface area (Å²) in [7, 11) is 5.28. The molecule has 1 aromatic rings. The summed E-state index contributed by atoms with van der Waals surface area (Å²) in [6, 6.07) is 0. The zero-order valence-corrected chi connectivity index (χ0v) is 26.4. The van der Waals surface area contributed by atoms with Crippen LogP contribution >= 0.6 is 0 Å². The van der Waals surface area contributed by atoms with E-state index in [2.05, 4.69) is 46.0 Å². The fourth-order valence-electron chi connectivity index (χ4n) is 2.46. The summed E-state index contributed by atoms with van der Waals surface area (Å²) in [6.07, 6.45) is 12.5. The second-order valence-corrected chi connectivity index (χ2v) is 7.50. The van der Waals surface area contributed by atoms with Crippen molar-refractivity contribution < 1.29 is 14.3 Å². The van der Waals surface area contributed by atoms with E-state index in [1.807, 2.05) is 67.8 Å². The van der Waals surface area contributed by atoms with Crippen LogP contribution in [0.3, 0.4) is 0 Å². The van der Waals surface area contributed by atoms with Gasteiger partial charge in [-0.3, -0.25) is 4.79 Å². The Morgan fingerprint density at radius 2 is 1.69 bits per heavy atom. The molecule has 222 valence electrons. The molecule has 0 aromatic carbocycles. The van der Waals surface area contributed by atoms with Crippen LogP contribution in [0.25, 0.3) is 5.57 Å². The van der Waals surface area contributed by atoms with Gasteiger partial charge >= 0.3 is 0 Å². The number of aromatic nitrogens is 2. The van der Waals surface area contributed by atoms with Gasteiger partial charge in [0.1, 0.15) is 12.3 Å². The number of hydrogen-bond donors (Lipinski definition) is 1. The first-order valence-corrected chi connectivity index (χ1v) is 13.8. The Balaban J connectivity index is -0.00000169. The molecule has 0 bridgehead atoms. The number of methoxy groups -OCH3 is 1. The van der Waals surface area contributed by atoms with Crippen molar-refractivity contribution in [2.75, 3.05) is 41.0 Å². The number of rotatable bonds is 15. The van der Waals surface area contributed by atoms with Crippen LogP contribution in [0.2, 0.25) is 0 Å². The van der Waals surface area contributed by atoms with E-state index >= 15 is 0 Å². The number of nitrogens with zero attached hydrogens (tertiary/aromatic N) is 5. The van der Waals surface area contributed by atoms with Crippen molar-refractivity contribution in [1.82, 2.24) is 20.4 Å². The van der Waals surface area contributed by atoms with E-state index in [9.17, 15) is 4.79 Å². The van der Waals surface area contributed by atoms with Crippen molar-refractivity contribution in [2.24, 2.45) is 10.2 Å². The smallest absolute Gasteiger partial charge is 0.201 e. The van der Waals surface area contributed by atoms with E-state index in [4.69, 9.17) is 9.47 Å². The quantitative estimate of drug-likeness (QED) is 0.0899. The second kappa shape index (κ2) is 29.2. The summed E-state index contributed by atoms with van der Waals surface area (Å²) in [5.74, 6) is 0.928. The summed E-state index contributed by atoms with van der Waals surface area (Å²) in [4.78, 5) is 21.1. The van der Waals surface area contributed by atoms with Gasteiger partial charge in [-0.1, -0.05) is 79.2 Å². The maximum Gasteiger partial charge on any atom is 0.201 e. The molecule has 1 rings (SSSR count). The molecule has 0 aliphatic heterocycles. The van der Waals surface area contributed by atoms with Crippen LogP contribution in [-0.4, -0.2) is 73.7 Å². The third-order valence-electron chi connectivity index (χ3n) is 4.14. The van der Waals surface area contributed by atoms with Crippen molar-refractivity contribution in [3.8, 4) is 5.75 Å². The van der Waals surface area contributed by atoms with Crippen LogP contribution in [-0.2, 0) is 9.53 Å². The average Bonchev–Trinajstić information content (AvgIpc) is 2.96. The lowest BCUT2D eigenvalue weighted by Crippen LogP contribution is -2.19. The summed E-state index contributed by atoms with van der Waals surface area (Å²) in [5.41, 5.74) is 5.11. The number of allylic oxidation sites excluding steroid dienone is 5. The maximum atomic E-state index is 12.3. The highest BCUT2D eigenvalue weighted by Crippen LogP contribution is 2.19. The molecule has 0 fully saturated rings. The Labute approximate surface area is 238 Å². The molecular formula is C30H54N6O3. The lowest BCUT2D eigenvalue weighted by molar-refractivity contribution is -0.109. The third-order valence-corrected chi connectivity index (χ3v) is 4.14. The summed E-state index contributed by atoms with van der Waals surface area (Å²) < 4.78 is 10.5. The molecule has 1 heterocycles. The van der Waals surface area contributed by atoms with Crippen LogP contribution in [0, 0.1) is 0 Å². The summed E-state index contributed by atoms with van der Waals surface area (Å²) in [6.45, 7) is 21.1. The fraction of sp³-hybridized carbons (Fsp3) is 0.567. The minimum atomic E-state index is -0.225. The predicted octanol–water partition coefficient (Wildman–Crippen LogP) is 6.35. The van der Waals surface area contributed by atoms with Gasteiger partial charge in [0.15, 0.2) is 11.6 Å². The van der Waals surface area contributed by atoms with Gasteiger partial charge in [-0.2, -0.15) is 10.2 Å². The van der Waals surface area contributed by atoms with Crippen molar-refractivity contribution in [1.29, 1.82) is 0 Å². The molecule has 1 aromatic heterocycles. The summed E-state index contributed by atoms with van der Waals surface area (Å²) >= 11 is 0. The molecule has 0 spiro atoms. The highest BCUT2D eigenvalue weighted by atomic mass is 16.5. The molecule has 0 amide bonds. The molecular weight excluding hydrogens is 492 g/mol. The lowest BCUT2D eigenvalue weighted by atomic mass is 10.0. The van der Waals surface area contributed by atoms with Crippen molar-refractivity contribution in [3.05, 3.63) is 48.6 Å². The summed E-state index contributed by atoms with van der Waals surface area (Å²) in [5, 5.41) is 10.0. The molecule has 0 saturated heterocycles. The molecule has 9 heteroatoms. The zero-order valence-electron chi connectivity index (χ0n) is 26.4. The molecule has 0 aliphatic carbocycles. The van der Waals surface area contributed by atoms with Crippen molar-refractivity contribution in [2.45, 2.75) is 74.7 Å². The monoisotopic (exact) mass is 546 g/mol. The van der Waals surface area contributed by atoms with Gasteiger partial charge in [0.2, 0.25) is 5.78 Å². The van der Waals surface area contributed by atoms with E-state index in [1.165, 1.54) is 12.5 Å². The van der Waals surface area contributed by atoms with Crippen molar-refractivity contribution >= 4 is 23.3 Å². The van der Waals surface area contributed by atoms with Crippen LogP contribution in [0.4, 0.5) is 0 Å². The largest absolute Gasteiger partial charge is 0.488 e. The van der Waals surface area contributed by atoms with E-state index in [-0.39, 0.29) is 5.78 Å². The number of carbonyl (C=O) groups excluding carboxylic acids is 1. The highest BCUT2D eigenvalue weighted by Gasteiger charge is 2.12. The number of hydrogen-bond acceptors (Lipinski definition) is 9. The van der Waals surface area contributed by atoms with E-state index in [0.29, 0.717) is 43.5 Å². The van der Waals surface area contributed by atoms with Gasteiger partial charge in [-0.05, 0) is 19.4 Å². The number of ketones is 1. The average molecular weight is 547 g/mol. The number of carbonyl (C=O) groups is 1. The minimum Gasteiger partial charge on any atom is -0.488 e. The van der Waals surface area contributed by atoms with Crippen LogP contribution < -0.4 is 10.2 Å². The topological polar surface area (TPSA) is 101 Å². The standard InChI is InChI=1S/C23H34N6O3.C3H8.2C2H6/c1-7-18(15-21(22(30)9-3)28-26-10-11-27-29(4)5)14-19(8-2)23-24-16-20(17-25-23)32-13-12-31-6;1-3-2;2*1-2/h8-9,11,14,16-17,26H,3,7,10,12-13,15H2,1-2,4-6H3;3H2,1-2H3;2*1-2H3/b18-14+,19-8+,27-11-,28-21-;;;. The van der Waals surface area contributed by atoms with Gasteiger partial charge < -0.3 is 19.9 Å². The maximum absolute atomic E-state index is 12.3. The van der Waals surface area contributed by atoms with Crippen LogP contribution in [0.1, 0.15) is 80.5 Å². The minimum absolute atomic E-state index is 0.225.